The first kappa shape index (κ1) is 12.6. The minimum Gasteiger partial charge on any atom is -0.392 e. The molecule has 4 heteroatoms. The second-order valence-corrected chi connectivity index (χ2v) is 4.49. The second kappa shape index (κ2) is 5.23. The highest BCUT2D eigenvalue weighted by Gasteiger charge is 2.08. The van der Waals surface area contributed by atoms with Gasteiger partial charge in [-0.15, -0.1) is 0 Å². The lowest BCUT2D eigenvalue weighted by Crippen LogP contribution is -2.02. The SMILES string of the molecule is Cc1nn(C)c(C)c1CNc1cccc(CO)c1. The van der Waals surface area contributed by atoms with Crippen LogP contribution in [0.1, 0.15) is 22.5 Å². The Bertz CT molecular complexity index is 546. The monoisotopic (exact) mass is 245 g/mol. The number of rotatable bonds is 4. The van der Waals surface area contributed by atoms with Crippen molar-refractivity contribution in [1.82, 2.24) is 9.78 Å². The molecule has 0 aliphatic heterocycles. The second-order valence-electron chi connectivity index (χ2n) is 4.49. The Labute approximate surface area is 107 Å². The lowest BCUT2D eigenvalue weighted by atomic mass is 10.1. The molecule has 96 valence electrons. The molecule has 0 fully saturated rings. The van der Waals surface area contributed by atoms with Crippen LogP contribution in [-0.2, 0) is 20.2 Å². The standard InChI is InChI=1S/C14H19N3O/c1-10-14(11(2)17(3)16-10)8-15-13-6-4-5-12(7-13)9-18/h4-7,15,18H,8-9H2,1-3H3. The largest absolute Gasteiger partial charge is 0.392 e. The lowest BCUT2D eigenvalue weighted by molar-refractivity contribution is 0.282. The number of aliphatic hydroxyl groups is 1. The summed E-state index contributed by atoms with van der Waals surface area (Å²) < 4.78 is 1.90. The zero-order valence-electron chi connectivity index (χ0n) is 11.1. The number of anilines is 1. The molecule has 1 aromatic carbocycles. The Balaban J connectivity index is 2.11. The molecule has 0 aliphatic rings. The maximum absolute atomic E-state index is 9.10. The highest BCUT2D eigenvalue weighted by Crippen LogP contribution is 2.16. The molecular formula is C14H19N3O. The molecule has 18 heavy (non-hydrogen) atoms. The molecule has 2 aromatic rings. The molecule has 0 bridgehead atoms. The van der Waals surface area contributed by atoms with Crippen molar-refractivity contribution in [3.63, 3.8) is 0 Å². The van der Waals surface area contributed by atoms with Crippen LogP contribution in [0, 0.1) is 13.8 Å². The molecule has 4 nitrogen and oxygen atoms in total. The first-order chi connectivity index (χ1) is 8.61. The lowest BCUT2D eigenvalue weighted by Gasteiger charge is -2.08. The average Bonchev–Trinajstić information content (AvgIpc) is 2.61. The minimum absolute atomic E-state index is 0.0699. The molecule has 0 atom stereocenters. The summed E-state index contributed by atoms with van der Waals surface area (Å²) in [7, 11) is 1.96. The molecule has 0 saturated carbocycles. The van der Waals surface area contributed by atoms with Gasteiger partial charge in [-0.1, -0.05) is 12.1 Å². The van der Waals surface area contributed by atoms with Gasteiger partial charge in [-0.05, 0) is 31.5 Å². The zero-order valence-corrected chi connectivity index (χ0v) is 11.1. The molecule has 1 aromatic heterocycles. The number of aliphatic hydroxyl groups excluding tert-OH is 1. The smallest absolute Gasteiger partial charge is 0.0682 e. The van der Waals surface area contributed by atoms with Crippen molar-refractivity contribution in [2.24, 2.45) is 7.05 Å². The number of nitrogens with zero attached hydrogens (tertiary/aromatic N) is 2. The third-order valence-electron chi connectivity index (χ3n) is 3.24. The predicted molar refractivity (Wildman–Crippen MR) is 72.4 cm³/mol. The average molecular weight is 245 g/mol. The van der Waals surface area contributed by atoms with Gasteiger partial charge in [-0.2, -0.15) is 5.10 Å². The summed E-state index contributed by atoms with van der Waals surface area (Å²) in [5, 5.41) is 16.9. The number of nitrogens with one attached hydrogen (secondary N) is 1. The van der Waals surface area contributed by atoms with Crippen LogP contribution in [-0.4, -0.2) is 14.9 Å². The Kier molecular flexibility index (Phi) is 3.67. The Morgan fingerprint density at radius 1 is 1.33 bits per heavy atom. The summed E-state index contributed by atoms with van der Waals surface area (Å²) in [6.07, 6.45) is 0. The number of hydrogen-bond acceptors (Lipinski definition) is 3. The van der Waals surface area contributed by atoms with Crippen molar-refractivity contribution in [2.75, 3.05) is 5.32 Å². The van der Waals surface area contributed by atoms with Gasteiger partial charge < -0.3 is 10.4 Å². The van der Waals surface area contributed by atoms with Crippen LogP contribution in [0.3, 0.4) is 0 Å². The Morgan fingerprint density at radius 3 is 2.72 bits per heavy atom. The van der Waals surface area contributed by atoms with E-state index in [1.807, 2.05) is 42.9 Å². The van der Waals surface area contributed by atoms with Crippen molar-refractivity contribution in [3.05, 3.63) is 46.8 Å². The Morgan fingerprint density at radius 2 is 2.11 bits per heavy atom. The van der Waals surface area contributed by atoms with E-state index in [2.05, 4.69) is 17.3 Å². The van der Waals surface area contributed by atoms with Gasteiger partial charge in [0.15, 0.2) is 0 Å². The molecule has 1 heterocycles. The fourth-order valence-electron chi connectivity index (χ4n) is 2.04. The zero-order chi connectivity index (χ0) is 13.1. The summed E-state index contributed by atoms with van der Waals surface area (Å²) in [6.45, 7) is 4.91. The van der Waals surface area contributed by atoms with E-state index in [0.717, 1.165) is 23.5 Å². The molecule has 2 N–H and O–H groups in total. The van der Waals surface area contributed by atoms with Crippen LogP contribution >= 0.6 is 0 Å². The van der Waals surface area contributed by atoms with Crippen LogP contribution in [0.15, 0.2) is 24.3 Å². The third-order valence-corrected chi connectivity index (χ3v) is 3.24. The van der Waals surface area contributed by atoms with Gasteiger partial charge in [0.05, 0.1) is 12.3 Å². The van der Waals surface area contributed by atoms with Crippen LogP contribution < -0.4 is 5.32 Å². The highest BCUT2D eigenvalue weighted by molar-refractivity contribution is 5.46. The fourth-order valence-corrected chi connectivity index (χ4v) is 2.04. The molecular weight excluding hydrogens is 226 g/mol. The quantitative estimate of drug-likeness (QED) is 0.867. The van der Waals surface area contributed by atoms with E-state index in [-0.39, 0.29) is 6.61 Å². The molecule has 0 unspecified atom stereocenters. The highest BCUT2D eigenvalue weighted by atomic mass is 16.3. The van der Waals surface area contributed by atoms with Crippen molar-refractivity contribution in [1.29, 1.82) is 0 Å². The van der Waals surface area contributed by atoms with Gasteiger partial charge >= 0.3 is 0 Å². The maximum Gasteiger partial charge on any atom is 0.0682 e. The normalized spacial score (nSPS) is 10.7. The maximum atomic E-state index is 9.10. The van der Waals surface area contributed by atoms with Crippen LogP contribution in [0.25, 0.3) is 0 Å². The summed E-state index contributed by atoms with van der Waals surface area (Å²) in [5.74, 6) is 0. The number of benzene rings is 1. The topological polar surface area (TPSA) is 50.1 Å². The van der Waals surface area contributed by atoms with Gasteiger partial charge in [0.25, 0.3) is 0 Å². The van der Waals surface area contributed by atoms with E-state index < -0.39 is 0 Å². The van der Waals surface area contributed by atoms with E-state index in [4.69, 9.17) is 5.11 Å². The van der Waals surface area contributed by atoms with E-state index in [0.29, 0.717) is 0 Å². The van der Waals surface area contributed by atoms with Gasteiger partial charge in [-0.25, -0.2) is 0 Å². The number of hydrogen-bond donors (Lipinski definition) is 2. The molecule has 0 amide bonds. The third kappa shape index (κ3) is 2.54. The molecule has 0 aliphatic carbocycles. The van der Waals surface area contributed by atoms with Gasteiger partial charge in [0.2, 0.25) is 0 Å². The molecule has 0 saturated heterocycles. The van der Waals surface area contributed by atoms with E-state index in [1.54, 1.807) is 0 Å². The fraction of sp³-hybridized carbons (Fsp3) is 0.357. The van der Waals surface area contributed by atoms with Gasteiger partial charge in [-0.3, -0.25) is 4.68 Å². The van der Waals surface area contributed by atoms with Crippen molar-refractivity contribution >= 4 is 5.69 Å². The van der Waals surface area contributed by atoms with Gasteiger partial charge in [0.1, 0.15) is 0 Å². The van der Waals surface area contributed by atoms with Crippen molar-refractivity contribution in [3.8, 4) is 0 Å². The van der Waals surface area contributed by atoms with Crippen LogP contribution in [0.5, 0.6) is 0 Å². The predicted octanol–water partition coefficient (Wildman–Crippen LogP) is 2.14. The van der Waals surface area contributed by atoms with Gasteiger partial charge in [0, 0.05) is 30.5 Å². The summed E-state index contributed by atoms with van der Waals surface area (Å²) >= 11 is 0. The molecule has 0 spiro atoms. The van der Waals surface area contributed by atoms with Crippen LogP contribution in [0.2, 0.25) is 0 Å². The summed E-state index contributed by atoms with van der Waals surface area (Å²) in [5.41, 5.74) is 5.40. The minimum atomic E-state index is 0.0699. The number of aryl methyl sites for hydroxylation is 2. The number of aromatic nitrogens is 2. The van der Waals surface area contributed by atoms with E-state index in [1.165, 1.54) is 11.3 Å². The van der Waals surface area contributed by atoms with Crippen molar-refractivity contribution < 1.29 is 5.11 Å². The molecule has 2 rings (SSSR count). The first-order valence-electron chi connectivity index (χ1n) is 6.04. The first-order valence-corrected chi connectivity index (χ1v) is 6.04. The Hall–Kier alpha value is -1.81. The van der Waals surface area contributed by atoms with E-state index in [9.17, 15) is 0 Å². The summed E-state index contributed by atoms with van der Waals surface area (Å²) in [4.78, 5) is 0. The van der Waals surface area contributed by atoms with E-state index >= 15 is 0 Å². The van der Waals surface area contributed by atoms with Crippen LogP contribution in [0.4, 0.5) is 5.69 Å². The summed E-state index contributed by atoms with van der Waals surface area (Å²) in [6, 6.07) is 7.81. The molecule has 0 radical (unpaired) electrons. The van der Waals surface area contributed by atoms with Crippen molar-refractivity contribution in [2.45, 2.75) is 27.0 Å².